The van der Waals surface area contributed by atoms with Crippen LogP contribution in [0, 0.1) is 11.8 Å². The van der Waals surface area contributed by atoms with E-state index in [2.05, 4.69) is 51.1 Å². The van der Waals surface area contributed by atoms with Crippen molar-refractivity contribution in [2.45, 2.75) is 50.5 Å². The van der Waals surface area contributed by atoms with Crippen LogP contribution in [0.25, 0.3) is 0 Å². The maximum absolute atomic E-state index is 10.5. The Morgan fingerprint density at radius 2 is 1.94 bits per heavy atom. The molecule has 0 spiro atoms. The summed E-state index contributed by atoms with van der Waals surface area (Å²) in [6.07, 6.45) is 3.31. The molecule has 0 amide bonds. The molecule has 2 rings (SSSR count). The van der Waals surface area contributed by atoms with E-state index >= 15 is 0 Å². The Kier molecular flexibility index (Phi) is 4.53. The first-order valence-corrected chi connectivity index (χ1v) is 8.65. The van der Waals surface area contributed by atoms with E-state index < -0.39 is 0 Å². The average Bonchev–Trinajstić information content (AvgIpc) is 2.34. The Morgan fingerprint density at radius 3 is 2.50 bits per heavy atom. The topological polar surface area (TPSA) is 20.2 Å². The van der Waals surface area contributed by atoms with Gasteiger partial charge in [-0.15, -0.1) is 0 Å². The van der Waals surface area contributed by atoms with Crippen molar-refractivity contribution in [3.8, 4) is 0 Å². The fourth-order valence-electron chi connectivity index (χ4n) is 2.77. The summed E-state index contributed by atoms with van der Waals surface area (Å²) in [6.45, 7) is 6.84. The van der Waals surface area contributed by atoms with Crippen LogP contribution in [0.4, 0.5) is 0 Å². The third-order valence-electron chi connectivity index (χ3n) is 4.28. The Morgan fingerprint density at radius 1 is 1.28 bits per heavy atom. The molecule has 2 heteroatoms. The van der Waals surface area contributed by atoms with Gasteiger partial charge >= 0.3 is 117 Å². The Labute approximate surface area is 117 Å². The second-order valence-corrected chi connectivity index (χ2v) is 9.40. The second kappa shape index (κ2) is 5.77. The molecule has 0 aromatic heterocycles. The van der Waals surface area contributed by atoms with Gasteiger partial charge in [0, 0.05) is 0 Å². The fraction of sp³-hybridized carbons (Fsp3) is 0.625. The Hall–Kier alpha value is -0.301. The molecule has 0 saturated heterocycles. The van der Waals surface area contributed by atoms with Crippen molar-refractivity contribution in [2.24, 2.45) is 11.8 Å². The molecule has 100 valence electrons. The van der Waals surface area contributed by atoms with Gasteiger partial charge in [-0.2, -0.15) is 0 Å². The van der Waals surface area contributed by atoms with Crippen LogP contribution in [0.2, 0.25) is 4.31 Å². The average molecular weight is 311 g/mol. The summed E-state index contributed by atoms with van der Waals surface area (Å²) in [4.78, 5) is 0. The summed E-state index contributed by atoms with van der Waals surface area (Å²) < 4.78 is 1.54. The van der Waals surface area contributed by atoms with Crippen molar-refractivity contribution in [1.82, 2.24) is 0 Å². The molecule has 1 aliphatic rings. The van der Waals surface area contributed by atoms with Crippen LogP contribution in [0.5, 0.6) is 0 Å². The van der Waals surface area contributed by atoms with Crippen LogP contribution < -0.4 is 4.46 Å². The van der Waals surface area contributed by atoms with Crippen LogP contribution in [-0.4, -0.2) is 26.2 Å². The maximum atomic E-state index is 10.5. The molecule has 1 N–H and O–H groups in total. The number of hydrogen-bond donors (Lipinski definition) is 1. The van der Waals surface area contributed by atoms with Crippen LogP contribution in [-0.2, 0) is 0 Å². The molecule has 0 radical (unpaired) electrons. The third-order valence-corrected chi connectivity index (χ3v) is 7.32. The van der Waals surface area contributed by atoms with Crippen molar-refractivity contribution in [3.05, 3.63) is 30.3 Å². The van der Waals surface area contributed by atoms with E-state index in [1.807, 2.05) is 0 Å². The third kappa shape index (κ3) is 3.17. The van der Waals surface area contributed by atoms with Crippen molar-refractivity contribution in [1.29, 1.82) is 0 Å². The van der Waals surface area contributed by atoms with Gasteiger partial charge in [-0.3, -0.25) is 0 Å². The monoisotopic (exact) mass is 312 g/mol. The van der Waals surface area contributed by atoms with Crippen LogP contribution in [0.1, 0.15) is 40.0 Å². The zero-order valence-corrected chi connectivity index (χ0v) is 13.3. The normalized spacial score (nSPS) is 32.7. The number of aliphatic hydroxyl groups excluding tert-OH is 1. The van der Waals surface area contributed by atoms with E-state index in [0.717, 1.165) is 6.42 Å². The summed E-state index contributed by atoms with van der Waals surface area (Å²) in [5, 5.41) is 10.5. The standard InChI is InChI=1S/C16H24OSe/c1-12(2)13-9-10-16(3,15(17)11-13)18-14-7-5-4-6-8-14/h4-8,12-13,15,17H,9-11H2,1-3H3/t13-,15+,16+/m0/s1. The quantitative estimate of drug-likeness (QED) is 0.851. The van der Waals surface area contributed by atoms with Crippen LogP contribution in [0.3, 0.4) is 0 Å². The molecule has 1 aromatic rings. The van der Waals surface area contributed by atoms with E-state index in [1.165, 1.54) is 17.3 Å². The SMILES string of the molecule is CC(C)[C@H]1CC[C@@](C)([Se]c2ccccc2)[C@H](O)C1. The van der Waals surface area contributed by atoms with Crippen LogP contribution in [0.15, 0.2) is 30.3 Å². The van der Waals surface area contributed by atoms with Crippen molar-refractivity contribution < 1.29 is 5.11 Å². The van der Waals surface area contributed by atoms with Crippen LogP contribution >= 0.6 is 0 Å². The molecule has 1 aromatic carbocycles. The summed E-state index contributed by atoms with van der Waals surface area (Å²) in [7, 11) is 0. The first kappa shape index (κ1) is 14.1. The molecule has 0 aliphatic heterocycles. The molecular formula is C16H24OSe. The number of benzene rings is 1. The molecule has 1 fully saturated rings. The molecule has 1 nitrogen and oxygen atoms in total. The first-order chi connectivity index (χ1) is 8.51. The molecule has 1 aliphatic carbocycles. The van der Waals surface area contributed by atoms with E-state index in [4.69, 9.17) is 0 Å². The van der Waals surface area contributed by atoms with Crippen molar-refractivity contribution in [2.75, 3.05) is 0 Å². The zero-order valence-electron chi connectivity index (χ0n) is 11.6. The molecular weight excluding hydrogens is 287 g/mol. The molecule has 0 heterocycles. The minimum absolute atomic E-state index is 0.125. The molecule has 1 saturated carbocycles. The van der Waals surface area contributed by atoms with E-state index in [0.29, 0.717) is 26.8 Å². The molecule has 3 atom stereocenters. The molecule has 18 heavy (non-hydrogen) atoms. The number of rotatable bonds is 3. The van der Waals surface area contributed by atoms with Gasteiger partial charge in [0.2, 0.25) is 0 Å². The number of hydrogen-bond acceptors (Lipinski definition) is 1. The van der Waals surface area contributed by atoms with Gasteiger partial charge in [-0.05, 0) is 0 Å². The summed E-state index contributed by atoms with van der Waals surface area (Å²) >= 11 is 0.371. The van der Waals surface area contributed by atoms with Gasteiger partial charge in [0.1, 0.15) is 0 Å². The van der Waals surface area contributed by atoms with Gasteiger partial charge in [0.25, 0.3) is 0 Å². The van der Waals surface area contributed by atoms with Crippen molar-refractivity contribution in [3.63, 3.8) is 0 Å². The Balaban J connectivity index is 2.04. The number of aliphatic hydroxyl groups is 1. The predicted octanol–water partition coefficient (Wildman–Crippen LogP) is 3.01. The summed E-state index contributed by atoms with van der Waals surface area (Å²) in [6, 6.07) is 10.7. The van der Waals surface area contributed by atoms with Gasteiger partial charge in [0.15, 0.2) is 0 Å². The van der Waals surface area contributed by atoms with Gasteiger partial charge in [-0.25, -0.2) is 0 Å². The van der Waals surface area contributed by atoms with Gasteiger partial charge < -0.3 is 0 Å². The first-order valence-electron chi connectivity index (χ1n) is 6.93. The van der Waals surface area contributed by atoms with E-state index in [-0.39, 0.29) is 10.4 Å². The minimum atomic E-state index is -0.126. The zero-order chi connectivity index (χ0) is 13.2. The summed E-state index contributed by atoms with van der Waals surface area (Å²) in [5.74, 6) is 1.41. The van der Waals surface area contributed by atoms with Gasteiger partial charge in [0.05, 0.1) is 0 Å². The molecule has 0 bridgehead atoms. The predicted molar refractivity (Wildman–Crippen MR) is 78.4 cm³/mol. The van der Waals surface area contributed by atoms with E-state index in [9.17, 15) is 5.11 Å². The van der Waals surface area contributed by atoms with Crippen molar-refractivity contribution >= 4 is 19.4 Å². The van der Waals surface area contributed by atoms with E-state index in [1.54, 1.807) is 0 Å². The summed E-state index contributed by atoms with van der Waals surface area (Å²) in [5.41, 5.74) is 0. The fourth-order valence-corrected chi connectivity index (χ4v) is 5.47. The molecule has 0 unspecified atom stereocenters. The Bertz CT molecular complexity index is 376. The van der Waals surface area contributed by atoms with Gasteiger partial charge in [-0.1, -0.05) is 0 Å². The second-order valence-electron chi connectivity index (χ2n) is 6.02.